The Labute approximate surface area is 165 Å². The third-order valence-corrected chi connectivity index (χ3v) is 6.96. The zero-order valence-electron chi connectivity index (χ0n) is 16.4. The van der Waals surface area contributed by atoms with Gasteiger partial charge in [0.15, 0.2) is 0 Å². The van der Waals surface area contributed by atoms with E-state index in [1.807, 2.05) is 22.7 Å². The van der Waals surface area contributed by atoms with Gasteiger partial charge in [0.25, 0.3) is 0 Å². The standard InChI is InChI=1S/C22H28N4O2/c1-24-11-9-23-21(24)22(28)12-18-6-7-19(13-22)26(18)15-20(27)25-10-8-16-4-2-3-5-17(16)14-25/h2-5,9,11,18-19,28H,6-8,10,12-15H2,1H3/t18-,19-/m1/s1. The molecule has 2 bridgehead atoms. The van der Waals surface area contributed by atoms with Crippen molar-refractivity contribution in [1.82, 2.24) is 19.4 Å². The van der Waals surface area contributed by atoms with E-state index in [4.69, 9.17) is 0 Å². The fourth-order valence-electron chi connectivity index (χ4n) is 5.54. The van der Waals surface area contributed by atoms with Gasteiger partial charge in [-0.15, -0.1) is 0 Å². The molecule has 2 saturated heterocycles. The first-order chi connectivity index (χ1) is 13.5. The number of hydrogen-bond donors (Lipinski definition) is 1. The monoisotopic (exact) mass is 380 g/mol. The minimum atomic E-state index is -0.881. The van der Waals surface area contributed by atoms with Crippen LogP contribution in [0.1, 0.15) is 42.6 Å². The largest absolute Gasteiger partial charge is 0.382 e. The van der Waals surface area contributed by atoms with Crippen LogP contribution in [0.4, 0.5) is 0 Å². The highest BCUT2D eigenvalue weighted by molar-refractivity contribution is 5.78. The fourth-order valence-corrected chi connectivity index (χ4v) is 5.54. The smallest absolute Gasteiger partial charge is 0.237 e. The molecule has 6 heteroatoms. The fraction of sp³-hybridized carbons (Fsp3) is 0.545. The minimum absolute atomic E-state index is 0.217. The molecule has 2 atom stereocenters. The second-order valence-electron chi connectivity index (χ2n) is 8.69. The number of rotatable bonds is 3. The summed E-state index contributed by atoms with van der Waals surface area (Å²) in [5.41, 5.74) is 1.76. The van der Waals surface area contributed by atoms with Crippen molar-refractivity contribution < 1.29 is 9.90 Å². The van der Waals surface area contributed by atoms with E-state index in [0.717, 1.165) is 38.2 Å². The Kier molecular flexibility index (Phi) is 4.29. The highest BCUT2D eigenvalue weighted by atomic mass is 16.3. The van der Waals surface area contributed by atoms with E-state index < -0.39 is 5.60 Å². The Morgan fingerprint density at radius 1 is 1.21 bits per heavy atom. The van der Waals surface area contributed by atoms with Crippen LogP contribution in [0.2, 0.25) is 0 Å². The van der Waals surface area contributed by atoms with Crippen molar-refractivity contribution in [3.63, 3.8) is 0 Å². The number of imidazole rings is 1. The molecule has 3 aliphatic rings. The molecule has 6 nitrogen and oxygen atoms in total. The molecule has 0 aliphatic carbocycles. The van der Waals surface area contributed by atoms with Crippen LogP contribution in [0.15, 0.2) is 36.7 Å². The molecule has 2 aromatic rings. The lowest BCUT2D eigenvalue weighted by atomic mass is 9.85. The van der Waals surface area contributed by atoms with Crippen molar-refractivity contribution in [2.75, 3.05) is 13.1 Å². The average molecular weight is 380 g/mol. The molecule has 1 aromatic carbocycles. The van der Waals surface area contributed by atoms with Crippen molar-refractivity contribution in [3.8, 4) is 0 Å². The molecule has 1 aromatic heterocycles. The van der Waals surface area contributed by atoms with Crippen LogP contribution in [-0.2, 0) is 30.4 Å². The Hall–Kier alpha value is -2.18. The second kappa shape index (κ2) is 6.71. The number of nitrogens with zero attached hydrogens (tertiary/aromatic N) is 4. The number of piperidine rings is 1. The molecule has 28 heavy (non-hydrogen) atoms. The zero-order chi connectivity index (χ0) is 19.3. The summed E-state index contributed by atoms with van der Waals surface area (Å²) in [5.74, 6) is 0.969. The summed E-state index contributed by atoms with van der Waals surface area (Å²) in [6.45, 7) is 1.99. The summed E-state index contributed by atoms with van der Waals surface area (Å²) in [6.07, 6.45) is 7.99. The van der Waals surface area contributed by atoms with E-state index in [-0.39, 0.29) is 18.0 Å². The van der Waals surface area contributed by atoms with E-state index >= 15 is 0 Å². The summed E-state index contributed by atoms with van der Waals surface area (Å²) in [7, 11) is 1.94. The molecule has 3 aliphatic heterocycles. The van der Waals surface area contributed by atoms with Gasteiger partial charge < -0.3 is 14.6 Å². The summed E-state index contributed by atoms with van der Waals surface area (Å²) in [4.78, 5) is 21.8. The molecule has 5 rings (SSSR count). The lowest BCUT2D eigenvalue weighted by Gasteiger charge is -2.43. The summed E-state index contributed by atoms with van der Waals surface area (Å²) >= 11 is 0. The Morgan fingerprint density at radius 2 is 1.93 bits per heavy atom. The van der Waals surface area contributed by atoms with Crippen LogP contribution in [0.3, 0.4) is 0 Å². The van der Waals surface area contributed by atoms with Gasteiger partial charge in [0.05, 0.1) is 6.54 Å². The maximum absolute atomic E-state index is 13.0. The minimum Gasteiger partial charge on any atom is -0.382 e. The number of carbonyl (C=O) groups excluding carboxylic acids is 1. The van der Waals surface area contributed by atoms with Crippen LogP contribution in [-0.4, -0.2) is 55.5 Å². The molecule has 0 spiro atoms. The third-order valence-electron chi connectivity index (χ3n) is 6.96. The van der Waals surface area contributed by atoms with Gasteiger partial charge in [-0.1, -0.05) is 24.3 Å². The van der Waals surface area contributed by atoms with Crippen molar-refractivity contribution in [3.05, 3.63) is 53.6 Å². The zero-order valence-corrected chi connectivity index (χ0v) is 16.4. The maximum atomic E-state index is 13.0. The van der Waals surface area contributed by atoms with Crippen molar-refractivity contribution >= 4 is 5.91 Å². The van der Waals surface area contributed by atoms with Crippen molar-refractivity contribution in [2.45, 2.75) is 56.3 Å². The summed E-state index contributed by atoms with van der Waals surface area (Å²) in [5, 5.41) is 11.3. The molecule has 0 saturated carbocycles. The molecule has 1 N–H and O–H groups in total. The summed E-state index contributed by atoms with van der Waals surface area (Å²) < 4.78 is 1.92. The Morgan fingerprint density at radius 3 is 2.61 bits per heavy atom. The molecular formula is C22H28N4O2. The number of aromatic nitrogens is 2. The average Bonchev–Trinajstić information content (AvgIpc) is 3.23. The Bertz CT molecular complexity index is 878. The van der Waals surface area contributed by atoms with Gasteiger partial charge in [-0.2, -0.15) is 0 Å². The quantitative estimate of drug-likeness (QED) is 0.882. The van der Waals surface area contributed by atoms with Gasteiger partial charge in [-0.05, 0) is 43.2 Å². The third kappa shape index (κ3) is 2.95. The first-order valence-corrected chi connectivity index (χ1v) is 10.3. The highest BCUT2D eigenvalue weighted by Gasteiger charge is 2.50. The Balaban J connectivity index is 1.28. The molecule has 0 radical (unpaired) electrons. The van der Waals surface area contributed by atoms with E-state index in [1.165, 1.54) is 11.1 Å². The van der Waals surface area contributed by atoms with Crippen LogP contribution >= 0.6 is 0 Å². The SMILES string of the molecule is Cn1ccnc1C1(O)C[C@H]2CC[C@H](C1)N2CC(=O)N1CCc2ccccc2C1. The molecule has 2 fully saturated rings. The number of amides is 1. The van der Waals surface area contributed by atoms with Gasteiger partial charge >= 0.3 is 0 Å². The molecule has 1 amide bonds. The van der Waals surface area contributed by atoms with Gasteiger partial charge in [-0.3, -0.25) is 9.69 Å². The number of benzene rings is 1. The normalized spacial score (nSPS) is 29.7. The maximum Gasteiger partial charge on any atom is 0.237 e. The highest BCUT2D eigenvalue weighted by Crippen LogP contribution is 2.45. The van der Waals surface area contributed by atoms with E-state index in [2.05, 4.69) is 34.1 Å². The first-order valence-electron chi connectivity index (χ1n) is 10.3. The van der Waals surface area contributed by atoms with Gasteiger partial charge in [0, 0.05) is 44.6 Å². The lowest BCUT2D eigenvalue weighted by molar-refractivity contribution is -0.137. The number of hydrogen-bond acceptors (Lipinski definition) is 4. The van der Waals surface area contributed by atoms with E-state index in [0.29, 0.717) is 19.4 Å². The molecular weight excluding hydrogens is 352 g/mol. The predicted molar refractivity (Wildman–Crippen MR) is 105 cm³/mol. The number of aliphatic hydroxyl groups is 1. The van der Waals surface area contributed by atoms with Crippen LogP contribution in [0.25, 0.3) is 0 Å². The molecule has 148 valence electrons. The van der Waals surface area contributed by atoms with Crippen molar-refractivity contribution in [2.24, 2.45) is 7.05 Å². The predicted octanol–water partition coefficient (Wildman–Crippen LogP) is 1.82. The molecule has 4 heterocycles. The van der Waals surface area contributed by atoms with Gasteiger partial charge in [0.1, 0.15) is 11.4 Å². The van der Waals surface area contributed by atoms with E-state index in [9.17, 15) is 9.90 Å². The van der Waals surface area contributed by atoms with Crippen LogP contribution in [0.5, 0.6) is 0 Å². The number of carbonyl (C=O) groups is 1. The summed E-state index contributed by atoms with van der Waals surface area (Å²) in [6, 6.07) is 8.93. The van der Waals surface area contributed by atoms with Gasteiger partial charge in [0.2, 0.25) is 5.91 Å². The second-order valence-corrected chi connectivity index (χ2v) is 8.69. The van der Waals surface area contributed by atoms with E-state index in [1.54, 1.807) is 6.20 Å². The lowest BCUT2D eigenvalue weighted by Crippen LogP contribution is -2.53. The number of fused-ring (bicyclic) bond motifs is 3. The topological polar surface area (TPSA) is 61.6 Å². The van der Waals surface area contributed by atoms with Crippen LogP contribution < -0.4 is 0 Å². The molecule has 0 unspecified atom stereocenters. The van der Waals surface area contributed by atoms with Crippen molar-refractivity contribution in [1.29, 1.82) is 0 Å². The van der Waals surface area contributed by atoms with Crippen LogP contribution in [0, 0.1) is 0 Å². The van der Waals surface area contributed by atoms with Gasteiger partial charge in [-0.25, -0.2) is 4.98 Å². The number of aryl methyl sites for hydroxylation is 1. The first kappa shape index (κ1) is 17.9.